The molecule has 2 saturated heterocycles. The van der Waals surface area contributed by atoms with Crippen molar-refractivity contribution < 1.29 is 56.5 Å². The molecule has 0 aliphatic carbocycles. The van der Waals surface area contributed by atoms with Gasteiger partial charge < -0.3 is 39.6 Å². The van der Waals surface area contributed by atoms with Gasteiger partial charge in [-0.05, 0) is 67.8 Å². The molecule has 0 radical (unpaired) electrons. The second-order valence-corrected chi connectivity index (χ2v) is 28.3. The molecule has 0 saturated carbocycles. The van der Waals surface area contributed by atoms with Crippen LogP contribution >= 0.6 is 22.7 Å². The molecule has 10 aromatic rings. The van der Waals surface area contributed by atoms with Crippen molar-refractivity contribution in [2.45, 2.75) is 32.4 Å². The number of piperidine rings is 1. The van der Waals surface area contributed by atoms with E-state index in [1.165, 1.54) is 44.7 Å². The summed E-state index contributed by atoms with van der Waals surface area (Å²) in [6, 6.07) is 16.2. The van der Waals surface area contributed by atoms with E-state index in [0.717, 1.165) is 67.4 Å². The summed E-state index contributed by atoms with van der Waals surface area (Å²) in [5.74, 6) is 1.47. The number of nitrogen functional groups attached to an aromatic ring is 2. The van der Waals surface area contributed by atoms with Gasteiger partial charge >= 0.3 is 9.75 Å². The first-order valence-electron chi connectivity index (χ1n) is 26.9. The van der Waals surface area contributed by atoms with Crippen molar-refractivity contribution in [2.75, 3.05) is 117 Å². The normalized spacial score (nSPS) is 14.4. The summed E-state index contributed by atoms with van der Waals surface area (Å²) in [7, 11) is -9.81. The van der Waals surface area contributed by atoms with E-state index in [2.05, 4.69) is 39.2 Å². The number of thiazole rings is 2. The maximum Gasteiger partial charge on any atom is 0.309 e. The summed E-state index contributed by atoms with van der Waals surface area (Å²) in [5, 5.41) is 8.63. The van der Waals surface area contributed by atoms with Crippen LogP contribution in [0.2, 0.25) is 0 Å². The molecule has 35 heteroatoms. The fourth-order valence-electron chi connectivity index (χ4n) is 9.43. The number of benzene rings is 2. The number of furan rings is 2. The van der Waals surface area contributed by atoms with E-state index >= 15 is 0 Å². The van der Waals surface area contributed by atoms with E-state index in [-0.39, 0.29) is 71.1 Å². The molecule has 2 aliphatic heterocycles. The Morgan fingerprint density at radius 1 is 0.563 bits per heavy atom. The summed E-state index contributed by atoms with van der Waals surface area (Å²) >= 11 is 1.96. The van der Waals surface area contributed by atoms with E-state index < -0.39 is 35.6 Å². The Morgan fingerprint density at radius 3 is 1.45 bits per heavy atom. The maximum absolute atomic E-state index is 14.8. The predicted octanol–water partition coefficient (Wildman–Crippen LogP) is 4.29. The molecule has 87 heavy (non-hydrogen) atoms. The first kappa shape index (κ1) is 62.0. The lowest BCUT2D eigenvalue weighted by Gasteiger charge is -2.36. The van der Waals surface area contributed by atoms with Crippen molar-refractivity contribution >= 4 is 108 Å². The molecule has 2 fully saturated rings. The van der Waals surface area contributed by atoms with Gasteiger partial charge in [0, 0.05) is 77.0 Å². The van der Waals surface area contributed by atoms with Crippen molar-refractivity contribution in [3.8, 4) is 34.7 Å². The van der Waals surface area contributed by atoms with E-state index in [4.69, 9.17) is 29.8 Å². The monoisotopic (exact) mass is 1300 g/mol. The number of fused-ring (bicyclic) bond motifs is 6. The zero-order chi connectivity index (χ0) is 61.8. The van der Waals surface area contributed by atoms with E-state index in [0.29, 0.717) is 112 Å². The van der Waals surface area contributed by atoms with Crippen LogP contribution < -0.4 is 40.5 Å². The number of ether oxygens (including phenoxy) is 2. The number of hydrogen-bond acceptors (Lipinski definition) is 26. The smallest absolute Gasteiger partial charge is 0.309 e. The van der Waals surface area contributed by atoms with Gasteiger partial charge in [0.25, 0.3) is 10.1 Å². The number of sulfone groups is 2. The Bertz CT molecular complexity index is 4560. The van der Waals surface area contributed by atoms with Crippen LogP contribution in [0.15, 0.2) is 91.6 Å². The van der Waals surface area contributed by atoms with Crippen molar-refractivity contribution in [3.63, 3.8) is 0 Å². The van der Waals surface area contributed by atoms with Gasteiger partial charge in [-0.2, -0.15) is 27.4 Å². The summed E-state index contributed by atoms with van der Waals surface area (Å²) in [6.45, 7) is 5.17. The lowest BCUT2D eigenvalue weighted by Crippen LogP contribution is -2.47. The molecule has 0 spiro atoms. The fourth-order valence-corrected chi connectivity index (χ4v) is 12.4. The topological polar surface area (TPSA) is 348 Å². The zero-order valence-electron chi connectivity index (χ0n) is 47.0. The number of hydrogen-bond donors (Lipinski definition) is 2. The van der Waals surface area contributed by atoms with Crippen molar-refractivity contribution in [3.05, 3.63) is 104 Å². The van der Waals surface area contributed by atoms with Gasteiger partial charge in [0.2, 0.25) is 23.5 Å². The molecule has 0 atom stereocenters. The van der Waals surface area contributed by atoms with Crippen molar-refractivity contribution in [2.24, 2.45) is 0 Å². The number of nitrogens with two attached hydrogens (primary N) is 2. The van der Waals surface area contributed by atoms with Crippen LogP contribution in [-0.2, 0) is 47.1 Å². The summed E-state index contributed by atoms with van der Waals surface area (Å²) in [6.07, 6.45) is 9.62. The van der Waals surface area contributed by atoms with E-state index in [9.17, 15) is 43.6 Å². The Labute approximate surface area is 503 Å². The average molecular weight is 1300 g/mol. The molecule has 4 N–H and O–H groups in total. The minimum Gasteiger partial charge on any atom is -0.492 e. The molecular formula is C52H59F2N15O13S5. The quantitative estimate of drug-likeness (QED) is 0.107. The highest BCUT2D eigenvalue weighted by Crippen LogP contribution is 2.30. The summed E-state index contributed by atoms with van der Waals surface area (Å²) < 4.78 is 128. The molecule has 464 valence electrons. The van der Waals surface area contributed by atoms with Gasteiger partial charge in [-0.1, -0.05) is 22.7 Å². The molecule has 12 rings (SSSR count). The molecule has 2 aliphatic rings. The molecule has 0 bridgehead atoms. The fraction of sp³-hybridized carbons (Fsp3) is 0.385. The highest BCUT2D eigenvalue weighted by molar-refractivity contribution is 7.90. The van der Waals surface area contributed by atoms with Crippen LogP contribution in [0.3, 0.4) is 0 Å². The standard InChI is InChI=1S/C25H27FN8O5S2.C14H20FNO3S.C13H12N6O5S2/c1-41(36,37)14-13-38-16-4-5-18(17(26)15-16)32-9-6-31(7-10-32)8-11-33-22-20(40-25(33)35)23-28-21(19-3-2-12-39-19)30-34(23)24(27)29-22;1-20(17,18)10-9-19-12-5-6-14(13(15)11-12)16-7-3-2-4-8-16;1-26(21,22)24-6-4-18-10-8(25-13(18)20)11-15-9(7-3-2-5-23-7)17-19(11)12(14)16-10/h2-5,12,15H,6-11,13-14H2,1H3,(H2,27,29);5-6,11H,2-4,7-10H2,1H3;2-3,5H,4,6H2,1H3,(H2,14,16). The van der Waals surface area contributed by atoms with Gasteiger partial charge in [0.15, 0.2) is 53.8 Å². The van der Waals surface area contributed by atoms with Crippen LogP contribution in [0.5, 0.6) is 11.5 Å². The van der Waals surface area contributed by atoms with Crippen LogP contribution in [0, 0.1) is 11.6 Å². The molecule has 28 nitrogen and oxygen atoms in total. The highest BCUT2D eigenvalue weighted by atomic mass is 32.2. The van der Waals surface area contributed by atoms with Gasteiger partial charge in [-0.3, -0.25) is 27.8 Å². The molecule has 0 amide bonds. The number of rotatable bonds is 19. The Balaban J connectivity index is 0.000000156. The summed E-state index contributed by atoms with van der Waals surface area (Å²) in [5.41, 5.74) is 14.7. The maximum atomic E-state index is 14.8. The van der Waals surface area contributed by atoms with Gasteiger partial charge in [-0.25, -0.2) is 35.6 Å². The second kappa shape index (κ2) is 26.1. The number of aromatic nitrogens is 10. The SMILES string of the molecule is CS(=O)(=O)CCOc1ccc(N2CCCCC2)c(F)c1.CS(=O)(=O)CCOc1ccc(N2CCN(CCn3c(=O)sc4c3nc(N)n3nc(-c5ccco5)nc43)CC2)c(F)c1.CS(=O)(=O)OCCn1c(=O)sc2c1nc(N)n1nc(-c3ccco3)nc21. The van der Waals surface area contributed by atoms with Crippen LogP contribution in [0.25, 0.3) is 55.2 Å². The minimum atomic E-state index is -3.60. The first-order valence-corrected chi connectivity index (χ1v) is 34.5. The van der Waals surface area contributed by atoms with Gasteiger partial charge in [0.05, 0.1) is 54.8 Å². The number of halogens is 2. The third-order valence-electron chi connectivity index (χ3n) is 13.7. The molecular weight excluding hydrogens is 1240 g/mol. The number of piperazine rings is 1. The van der Waals surface area contributed by atoms with Gasteiger partial charge in [0.1, 0.15) is 45.7 Å². The van der Waals surface area contributed by atoms with Crippen LogP contribution in [0.4, 0.5) is 32.1 Å². The number of anilines is 4. The molecule has 0 unspecified atom stereocenters. The summed E-state index contributed by atoms with van der Waals surface area (Å²) in [4.78, 5) is 48.5. The van der Waals surface area contributed by atoms with Crippen molar-refractivity contribution in [1.29, 1.82) is 0 Å². The van der Waals surface area contributed by atoms with Gasteiger partial charge in [-0.15, -0.1) is 10.2 Å². The third-order valence-corrected chi connectivity index (χ3v) is 18.0. The third kappa shape index (κ3) is 15.2. The lowest BCUT2D eigenvalue weighted by molar-refractivity contribution is 0.248. The van der Waals surface area contributed by atoms with E-state index in [1.807, 2.05) is 9.80 Å². The van der Waals surface area contributed by atoms with E-state index in [1.54, 1.807) is 53.1 Å². The largest absolute Gasteiger partial charge is 0.492 e. The van der Waals surface area contributed by atoms with Crippen molar-refractivity contribution in [1.82, 2.24) is 53.2 Å². The zero-order valence-corrected chi connectivity index (χ0v) is 51.1. The first-order chi connectivity index (χ1) is 41.4. The minimum absolute atomic E-state index is 0.00763. The highest BCUT2D eigenvalue weighted by Gasteiger charge is 2.25. The Kier molecular flexibility index (Phi) is 18.6. The van der Waals surface area contributed by atoms with Crippen LogP contribution in [0.1, 0.15) is 19.3 Å². The van der Waals surface area contributed by atoms with Crippen LogP contribution in [-0.4, -0.2) is 174 Å². The molecule has 8 aromatic heterocycles. The molecule has 10 heterocycles. The molecule has 2 aromatic carbocycles. The average Bonchev–Trinajstić information content (AvgIpc) is 1.64. The number of nitrogens with zero attached hydrogens (tertiary/aromatic N) is 13. The predicted molar refractivity (Wildman–Crippen MR) is 324 cm³/mol. The Hall–Kier alpha value is -8.09. The Morgan fingerprint density at radius 2 is 1.02 bits per heavy atom. The second-order valence-electron chi connectivity index (χ2n) is 20.2. The lowest BCUT2D eigenvalue weighted by atomic mass is 10.1.